The Morgan fingerprint density at radius 3 is 2.60 bits per heavy atom. The highest BCUT2D eigenvalue weighted by Crippen LogP contribution is 2.31. The zero-order valence-electron chi connectivity index (χ0n) is 7.59. The van der Waals surface area contributed by atoms with Crippen LogP contribution in [0.15, 0.2) is 30.6 Å². The predicted molar refractivity (Wildman–Crippen MR) is 61.0 cm³/mol. The molecule has 2 aromatic rings. The Kier molecular flexibility index (Phi) is 2.68. The van der Waals surface area contributed by atoms with E-state index in [0.29, 0.717) is 15.6 Å². The molecule has 0 saturated carbocycles. The lowest BCUT2D eigenvalue weighted by atomic mass is 10.1. The topological polar surface area (TPSA) is 39.6 Å². The summed E-state index contributed by atoms with van der Waals surface area (Å²) in [6, 6.07) is 7.30. The van der Waals surface area contributed by atoms with Crippen LogP contribution in [0.2, 0.25) is 10.0 Å². The lowest BCUT2D eigenvalue weighted by Gasteiger charge is -2.02. The largest absolute Gasteiger partial charge is 0.366 e. The molecule has 0 unspecified atom stereocenters. The number of rotatable bonds is 1. The second-order valence-corrected chi connectivity index (χ2v) is 3.86. The van der Waals surface area contributed by atoms with Crippen LogP contribution in [0.5, 0.6) is 0 Å². The number of nitrogens with one attached hydrogen (secondary N) is 1. The van der Waals surface area contributed by atoms with Gasteiger partial charge in [0.05, 0.1) is 5.56 Å². The molecule has 0 aliphatic rings. The fraction of sp³-hybridized carbons (Fsp3) is 0. The van der Waals surface area contributed by atoms with Gasteiger partial charge < -0.3 is 4.98 Å². The summed E-state index contributed by atoms with van der Waals surface area (Å²) in [5.41, 5.74) is 2.16. The van der Waals surface area contributed by atoms with Gasteiger partial charge in [-0.15, -0.1) is 0 Å². The molecule has 0 aliphatic carbocycles. The summed E-state index contributed by atoms with van der Waals surface area (Å²) in [6.07, 6.45) is 3.38. The number of aromatic nitrogens is 1. The number of nitriles is 1. The standard InChI is InChI=1S/C11H6Cl2N2/c12-8-1-2-9(11(13)3-8)10-6-15-5-7(10)4-14/h1-3,5-6,15H. The third-order valence-electron chi connectivity index (χ3n) is 2.09. The molecule has 0 radical (unpaired) electrons. The van der Waals surface area contributed by atoms with E-state index >= 15 is 0 Å². The second kappa shape index (κ2) is 3.98. The Balaban J connectivity index is 2.60. The Hall–Kier alpha value is -1.43. The molecule has 74 valence electrons. The lowest BCUT2D eigenvalue weighted by molar-refractivity contribution is 1.40. The minimum absolute atomic E-state index is 0.540. The maximum Gasteiger partial charge on any atom is 0.101 e. The lowest BCUT2D eigenvalue weighted by Crippen LogP contribution is -1.80. The summed E-state index contributed by atoms with van der Waals surface area (Å²) >= 11 is 11.8. The van der Waals surface area contributed by atoms with Gasteiger partial charge in [-0.2, -0.15) is 5.26 Å². The van der Waals surface area contributed by atoms with Gasteiger partial charge in [0.25, 0.3) is 0 Å². The van der Waals surface area contributed by atoms with E-state index in [0.717, 1.165) is 11.1 Å². The summed E-state index contributed by atoms with van der Waals surface area (Å²) in [7, 11) is 0. The van der Waals surface area contributed by atoms with Crippen molar-refractivity contribution >= 4 is 23.2 Å². The highest BCUT2D eigenvalue weighted by Gasteiger charge is 2.09. The third kappa shape index (κ3) is 1.85. The van der Waals surface area contributed by atoms with E-state index in [1.165, 1.54) is 0 Å². The number of hydrogen-bond acceptors (Lipinski definition) is 1. The maximum absolute atomic E-state index is 8.87. The van der Waals surface area contributed by atoms with Crippen molar-refractivity contribution in [3.63, 3.8) is 0 Å². The molecule has 1 aromatic carbocycles. The minimum Gasteiger partial charge on any atom is -0.366 e. The van der Waals surface area contributed by atoms with Gasteiger partial charge in [0, 0.05) is 33.6 Å². The van der Waals surface area contributed by atoms with Crippen molar-refractivity contribution in [3.05, 3.63) is 46.2 Å². The average molecular weight is 237 g/mol. The molecule has 4 heteroatoms. The van der Waals surface area contributed by atoms with Gasteiger partial charge in [-0.25, -0.2) is 0 Å². The maximum atomic E-state index is 8.87. The molecule has 0 bridgehead atoms. The molecule has 1 aromatic heterocycles. The molecule has 0 amide bonds. The highest BCUT2D eigenvalue weighted by atomic mass is 35.5. The van der Waals surface area contributed by atoms with E-state index in [2.05, 4.69) is 11.1 Å². The number of hydrogen-bond donors (Lipinski definition) is 1. The molecule has 0 aliphatic heterocycles. The van der Waals surface area contributed by atoms with E-state index in [9.17, 15) is 0 Å². The van der Waals surface area contributed by atoms with Gasteiger partial charge in [-0.1, -0.05) is 29.3 Å². The van der Waals surface area contributed by atoms with E-state index in [-0.39, 0.29) is 0 Å². The average Bonchev–Trinajstić information content (AvgIpc) is 2.65. The van der Waals surface area contributed by atoms with Crippen LogP contribution in [0.3, 0.4) is 0 Å². The molecule has 15 heavy (non-hydrogen) atoms. The number of halogens is 2. The molecule has 2 rings (SSSR count). The van der Waals surface area contributed by atoms with Crippen LogP contribution in [0.4, 0.5) is 0 Å². The molecular weight excluding hydrogens is 231 g/mol. The Labute approximate surface area is 97.1 Å². The fourth-order valence-electron chi connectivity index (χ4n) is 1.39. The number of aromatic amines is 1. The van der Waals surface area contributed by atoms with Crippen LogP contribution in [0, 0.1) is 11.3 Å². The molecular formula is C11H6Cl2N2. The number of nitrogens with zero attached hydrogens (tertiary/aromatic N) is 1. The summed E-state index contributed by atoms with van der Waals surface area (Å²) in [4.78, 5) is 2.88. The van der Waals surface area contributed by atoms with Crippen molar-refractivity contribution in [2.24, 2.45) is 0 Å². The first kappa shape index (κ1) is 10.1. The third-order valence-corrected chi connectivity index (χ3v) is 2.64. The normalized spacial score (nSPS) is 9.93. The van der Waals surface area contributed by atoms with Crippen molar-refractivity contribution in [1.82, 2.24) is 4.98 Å². The fourth-order valence-corrected chi connectivity index (χ4v) is 1.90. The first-order valence-corrected chi connectivity index (χ1v) is 5.00. The molecule has 0 atom stereocenters. The number of benzene rings is 1. The van der Waals surface area contributed by atoms with Gasteiger partial charge in [-0.3, -0.25) is 0 Å². The van der Waals surface area contributed by atoms with Crippen molar-refractivity contribution in [1.29, 1.82) is 5.26 Å². The van der Waals surface area contributed by atoms with Crippen LogP contribution in [-0.4, -0.2) is 4.98 Å². The second-order valence-electron chi connectivity index (χ2n) is 3.02. The van der Waals surface area contributed by atoms with Crippen molar-refractivity contribution in [2.45, 2.75) is 0 Å². The first-order chi connectivity index (χ1) is 7.22. The predicted octanol–water partition coefficient (Wildman–Crippen LogP) is 3.86. The minimum atomic E-state index is 0.540. The number of H-pyrrole nitrogens is 1. The molecule has 0 saturated heterocycles. The van der Waals surface area contributed by atoms with E-state index in [4.69, 9.17) is 28.5 Å². The van der Waals surface area contributed by atoms with Crippen LogP contribution < -0.4 is 0 Å². The van der Waals surface area contributed by atoms with E-state index in [1.807, 2.05) is 0 Å². The molecule has 1 heterocycles. The Bertz CT molecular complexity index is 538. The van der Waals surface area contributed by atoms with Crippen LogP contribution >= 0.6 is 23.2 Å². The smallest absolute Gasteiger partial charge is 0.101 e. The van der Waals surface area contributed by atoms with Gasteiger partial charge in [0.15, 0.2) is 0 Å². The van der Waals surface area contributed by atoms with Crippen molar-refractivity contribution in [2.75, 3.05) is 0 Å². The highest BCUT2D eigenvalue weighted by molar-refractivity contribution is 6.36. The molecule has 2 nitrogen and oxygen atoms in total. The molecule has 0 spiro atoms. The monoisotopic (exact) mass is 236 g/mol. The van der Waals surface area contributed by atoms with Crippen molar-refractivity contribution < 1.29 is 0 Å². The van der Waals surface area contributed by atoms with Crippen LogP contribution in [0.25, 0.3) is 11.1 Å². The van der Waals surface area contributed by atoms with Gasteiger partial charge in [-0.05, 0) is 12.1 Å². The molecule has 0 fully saturated rings. The van der Waals surface area contributed by atoms with Crippen LogP contribution in [-0.2, 0) is 0 Å². The summed E-state index contributed by atoms with van der Waals surface area (Å²) in [6.45, 7) is 0. The summed E-state index contributed by atoms with van der Waals surface area (Å²) in [5, 5.41) is 10.00. The van der Waals surface area contributed by atoms with Gasteiger partial charge in [0.2, 0.25) is 0 Å². The summed E-state index contributed by atoms with van der Waals surface area (Å²) in [5.74, 6) is 0. The van der Waals surface area contributed by atoms with E-state index in [1.54, 1.807) is 30.6 Å². The van der Waals surface area contributed by atoms with E-state index < -0.39 is 0 Å². The Morgan fingerprint density at radius 2 is 1.93 bits per heavy atom. The Morgan fingerprint density at radius 1 is 1.13 bits per heavy atom. The first-order valence-electron chi connectivity index (χ1n) is 4.24. The summed E-state index contributed by atoms with van der Waals surface area (Å²) < 4.78 is 0. The van der Waals surface area contributed by atoms with Gasteiger partial charge >= 0.3 is 0 Å². The SMILES string of the molecule is N#Cc1c[nH]cc1-c1ccc(Cl)cc1Cl. The zero-order valence-corrected chi connectivity index (χ0v) is 9.10. The van der Waals surface area contributed by atoms with Gasteiger partial charge in [0.1, 0.15) is 6.07 Å². The van der Waals surface area contributed by atoms with Crippen molar-refractivity contribution in [3.8, 4) is 17.2 Å². The molecule has 1 N–H and O–H groups in total. The quantitative estimate of drug-likeness (QED) is 0.803. The zero-order chi connectivity index (χ0) is 10.8. The van der Waals surface area contributed by atoms with Crippen LogP contribution in [0.1, 0.15) is 5.56 Å².